The van der Waals surface area contributed by atoms with E-state index in [4.69, 9.17) is 9.47 Å². The summed E-state index contributed by atoms with van der Waals surface area (Å²) in [5.41, 5.74) is 0.862. The predicted octanol–water partition coefficient (Wildman–Crippen LogP) is 1.63. The summed E-state index contributed by atoms with van der Waals surface area (Å²) in [7, 11) is -1.53. The molecule has 2 aliphatic carbocycles. The van der Waals surface area contributed by atoms with Gasteiger partial charge in [0.25, 0.3) is 5.91 Å². The molecule has 17 heteroatoms. The van der Waals surface area contributed by atoms with Gasteiger partial charge < -0.3 is 35.4 Å². The van der Waals surface area contributed by atoms with Crippen molar-refractivity contribution in [3.63, 3.8) is 0 Å². The first-order valence-electron chi connectivity index (χ1n) is 18.0. The molecule has 2 aliphatic heterocycles. The molecular formula is C36H50N6O10S. The summed E-state index contributed by atoms with van der Waals surface area (Å²) in [6.45, 7) is 9.29. The van der Waals surface area contributed by atoms with Gasteiger partial charge in [-0.1, -0.05) is 24.3 Å². The Morgan fingerprint density at radius 2 is 1.89 bits per heavy atom. The number of nitrogens with zero attached hydrogens (tertiary/aromatic N) is 2. The zero-order valence-corrected chi connectivity index (χ0v) is 31.3. The quantitative estimate of drug-likeness (QED) is 0.121. The number of alkyl carbamates (subject to hydrolysis) is 1. The zero-order valence-electron chi connectivity index (χ0n) is 30.4. The predicted molar refractivity (Wildman–Crippen MR) is 192 cm³/mol. The van der Waals surface area contributed by atoms with Crippen molar-refractivity contribution in [3.05, 3.63) is 47.5 Å². The number of ether oxygens (including phenoxy) is 2. The minimum atomic E-state index is -1.53. The number of fused-ring (bicyclic) bond motifs is 1. The van der Waals surface area contributed by atoms with E-state index in [-0.39, 0.29) is 30.9 Å². The van der Waals surface area contributed by atoms with Crippen LogP contribution in [0.1, 0.15) is 76.0 Å². The molecule has 3 fully saturated rings. The number of likely N-dealkylation sites (tertiary alicyclic amines) is 1. The highest BCUT2D eigenvalue weighted by Gasteiger charge is 2.61. The van der Waals surface area contributed by atoms with Crippen LogP contribution in [-0.2, 0) is 59.1 Å². The molecule has 5 N–H and O–H groups in total. The van der Waals surface area contributed by atoms with E-state index in [1.807, 2.05) is 18.2 Å². The molecule has 5 rings (SSSR count). The zero-order chi connectivity index (χ0) is 38.5. The number of hydrogen-bond donors (Lipinski definition) is 5. The van der Waals surface area contributed by atoms with Gasteiger partial charge in [0.05, 0.1) is 18.4 Å². The standard InChI is InChI=1S/C36H50N6O10S/c1-5-24-17-36(24,32(46)40-53(50)25-13-14-25)39-31(45)28-12-7-15-42(28)29(43)18-37-30(44)27(38-33(47)52-35(2,3)4)21-51-16-8-11-22-9-6-10-23-19-41(34(48)49)20-26(22)23/h5-6,9-10,24-25,27-28H,1,7-8,11-21H2,2-4H3,(H,37,44)(H,38,47)(H,39,45)(H,40,46)(H,48,49). The SMILES string of the molecule is C=CC1CC1(NC(=O)C1CCCN1C(=O)CNC(=O)C(COCCCc1cccc2c1CN(C(=O)O)C2)NC(=O)OC(C)(C)C)C(=O)NS(=O)C1CC1. The third-order valence-electron chi connectivity index (χ3n) is 9.74. The molecule has 290 valence electrons. The van der Waals surface area contributed by atoms with Gasteiger partial charge in [-0.25, -0.2) is 13.8 Å². The molecule has 5 atom stereocenters. The molecule has 53 heavy (non-hydrogen) atoms. The lowest BCUT2D eigenvalue weighted by atomic mass is 10.00. The van der Waals surface area contributed by atoms with Crippen molar-refractivity contribution >= 4 is 46.8 Å². The molecule has 0 spiro atoms. The van der Waals surface area contributed by atoms with Gasteiger partial charge in [-0.2, -0.15) is 0 Å². The number of hydrogen-bond acceptors (Lipinski definition) is 9. The van der Waals surface area contributed by atoms with Crippen molar-refractivity contribution in [3.8, 4) is 0 Å². The average molecular weight is 759 g/mol. The van der Waals surface area contributed by atoms with Gasteiger partial charge in [-0.15, -0.1) is 6.58 Å². The summed E-state index contributed by atoms with van der Waals surface area (Å²) < 4.78 is 26.0. The first-order chi connectivity index (χ1) is 25.1. The van der Waals surface area contributed by atoms with E-state index < -0.39 is 76.6 Å². The van der Waals surface area contributed by atoms with Crippen LogP contribution < -0.4 is 20.7 Å². The van der Waals surface area contributed by atoms with Gasteiger partial charge in [0.15, 0.2) is 0 Å². The number of nitrogens with one attached hydrogen (secondary N) is 4. The number of aryl methyl sites for hydroxylation is 1. The third-order valence-corrected chi connectivity index (χ3v) is 11.2. The Labute approximate surface area is 311 Å². The molecule has 0 bridgehead atoms. The second-order valence-corrected chi connectivity index (χ2v) is 16.4. The number of rotatable bonds is 16. The van der Waals surface area contributed by atoms with Crippen molar-refractivity contribution in [1.82, 2.24) is 30.5 Å². The topological polar surface area (TPSA) is 213 Å². The third kappa shape index (κ3) is 10.1. The molecule has 16 nitrogen and oxygen atoms in total. The van der Waals surface area contributed by atoms with Gasteiger partial charge >= 0.3 is 12.2 Å². The molecule has 1 aromatic rings. The van der Waals surface area contributed by atoms with Crippen LogP contribution in [0, 0.1) is 5.92 Å². The maximum atomic E-state index is 13.5. The lowest BCUT2D eigenvalue weighted by molar-refractivity contribution is -0.140. The number of carbonyl (C=O) groups is 6. The number of carbonyl (C=O) groups excluding carboxylic acids is 5. The summed E-state index contributed by atoms with van der Waals surface area (Å²) >= 11 is 0. The highest BCUT2D eigenvalue weighted by Crippen LogP contribution is 2.45. The highest BCUT2D eigenvalue weighted by molar-refractivity contribution is 7.84. The number of benzene rings is 1. The Morgan fingerprint density at radius 1 is 1.13 bits per heavy atom. The Hall–Kier alpha value is -4.51. The fourth-order valence-corrected chi connectivity index (χ4v) is 7.77. The lowest BCUT2D eigenvalue weighted by Gasteiger charge is -2.27. The fraction of sp³-hybridized carbons (Fsp3) is 0.611. The molecule has 0 radical (unpaired) electrons. The summed E-state index contributed by atoms with van der Waals surface area (Å²) in [6.07, 6.45) is 3.68. The first kappa shape index (κ1) is 39.7. The van der Waals surface area contributed by atoms with Gasteiger partial charge in [-0.05, 0) is 82.4 Å². The van der Waals surface area contributed by atoms with Crippen LogP contribution in [0.3, 0.4) is 0 Å². The second kappa shape index (κ2) is 16.7. The van der Waals surface area contributed by atoms with Crippen LogP contribution in [-0.4, -0.2) is 110 Å². The van der Waals surface area contributed by atoms with Gasteiger partial charge in [-0.3, -0.25) is 28.8 Å². The van der Waals surface area contributed by atoms with E-state index in [2.05, 4.69) is 27.3 Å². The van der Waals surface area contributed by atoms with E-state index >= 15 is 0 Å². The highest BCUT2D eigenvalue weighted by atomic mass is 32.2. The Morgan fingerprint density at radius 3 is 2.55 bits per heavy atom. The van der Waals surface area contributed by atoms with Gasteiger partial charge in [0, 0.05) is 32.2 Å². The largest absolute Gasteiger partial charge is 0.465 e. The minimum absolute atomic E-state index is 0.0769. The minimum Gasteiger partial charge on any atom is -0.465 e. The van der Waals surface area contributed by atoms with Crippen LogP contribution in [0.15, 0.2) is 30.9 Å². The van der Waals surface area contributed by atoms with E-state index in [1.165, 1.54) is 9.80 Å². The van der Waals surface area contributed by atoms with Crippen molar-refractivity contribution in [2.24, 2.45) is 5.92 Å². The average Bonchev–Trinajstić information content (AvgIpc) is 3.96. The summed E-state index contributed by atoms with van der Waals surface area (Å²) in [5.74, 6) is -2.60. The molecule has 1 aromatic carbocycles. The molecule has 0 aromatic heterocycles. The van der Waals surface area contributed by atoms with Crippen molar-refractivity contribution in [1.29, 1.82) is 0 Å². The van der Waals surface area contributed by atoms with Crippen LogP contribution in [0.2, 0.25) is 0 Å². The van der Waals surface area contributed by atoms with E-state index in [0.717, 1.165) is 29.5 Å². The van der Waals surface area contributed by atoms with Gasteiger partial charge in [0.1, 0.15) is 34.2 Å². The molecule has 4 aliphatic rings. The smallest absolute Gasteiger partial charge is 0.408 e. The normalized spacial score (nSPS) is 22.9. The summed E-state index contributed by atoms with van der Waals surface area (Å²) in [5, 5.41) is 17.2. The van der Waals surface area contributed by atoms with Gasteiger partial charge in [0.2, 0.25) is 17.7 Å². The second-order valence-electron chi connectivity index (χ2n) is 15.0. The van der Waals surface area contributed by atoms with Crippen LogP contribution in [0.4, 0.5) is 9.59 Å². The fourth-order valence-electron chi connectivity index (χ4n) is 6.67. The summed E-state index contributed by atoms with van der Waals surface area (Å²) in [6, 6.07) is 3.68. The molecule has 2 heterocycles. The monoisotopic (exact) mass is 758 g/mol. The lowest BCUT2D eigenvalue weighted by Crippen LogP contribution is -2.57. The summed E-state index contributed by atoms with van der Waals surface area (Å²) in [4.78, 5) is 80.0. The van der Waals surface area contributed by atoms with Crippen molar-refractivity contribution in [2.45, 2.75) is 107 Å². The van der Waals surface area contributed by atoms with Crippen LogP contribution in [0.5, 0.6) is 0 Å². The first-order valence-corrected chi connectivity index (χ1v) is 19.2. The molecule has 5 unspecified atom stereocenters. The van der Waals surface area contributed by atoms with E-state index in [9.17, 15) is 38.1 Å². The van der Waals surface area contributed by atoms with E-state index in [1.54, 1.807) is 26.8 Å². The molecule has 1 saturated heterocycles. The molecule has 6 amide bonds. The number of amides is 6. The molecular weight excluding hydrogens is 708 g/mol. The maximum Gasteiger partial charge on any atom is 0.408 e. The Balaban J connectivity index is 1.13. The van der Waals surface area contributed by atoms with Crippen molar-refractivity contribution < 1.29 is 47.6 Å². The Bertz CT molecular complexity index is 1640. The molecule has 2 saturated carbocycles. The maximum absolute atomic E-state index is 13.5. The van der Waals surface area contributed by atoms with E-state index in [0.29, 0.717) is 45.2 Å². The van der Waals surface area contributed by atoms with Crippen LogP contribution >= 0.6 is 0 Å². The van der Waals surface area contributed by atoms with Crippen LogP contribution in [0.25, 0.3) is 0 Å². The Kier molecular flexibility index (Phi) is 12.5. The van der Waals surface area contributed by atoms with Crippen molar-refractivity contribution in [2.75, 3.05) is 26.3 Å². The number of carboxylic acid groups (broad SMARTS) is 1.